The van der Waals surface area contributed by atoms with E-state index in [4.69, 9.17) is 5.73 Å². The smallest absolute Gasteiger partial charge is 0.161 e. The van der Waals surface area contributed by atoms with E-state index < -0.39 is 11.6 Å². The average molecular weight is 198 g/mol. The maximum atomic E-state index is 12.8. The first-order chi connectivity index (χ1) is 6.70. The molecule has 74 valence electrons. The summed E-state index contributed by atoms with van der Waals surface area (Å²) in [5.41, 5.74) is 5.95. The quantitative estimate of drug-likeness (QED) is 0.771. The average Bonchev–Trinajstić information content (AvgIpc) is 2.48. The van der Waals surface area contributed by atoms with Gasteiger partial charge in [-0.15, -0.1) is 0 Å². The molecule has 0 saturated heterocycles. The summed E-state index contributed by atoms with van der Waals surface area (Å²) in [6.45, 7) is 0.809. The number of benzene rings is 1. The molecule has 14 heavy (non-hydrogen) atoms. The standard InChI is InChI=1S/C8H8F2N4/c9-5-3-7-8(4-6(5)10)13-14(12-7)2-1-11/h3-4H,1-2,11H2. The van der Waals surface area contributed by atoms with E-state index in [-0.39, 0.29) is 0 Å². The zero-order valence-electron chi connectivity index (χ0n) is 7.24. The molecular weight excluding hydrogens is 190 g/mol. The molecule has 0 radical (unpaired) electrons. The Morgan fingerprint density at radius 3 is 2.07 bits per heavy atom. The van der Waals surface area contributed by atoms with Gasteiger partial charge in [0.15, 0.2) is 11.6 Å². The van der Waals surface area contributed by atoms with Crippen LogP contribution >= 0.6 is 0 Å². The Morgan fingerprint density at radius 2 is 1.64 bits per heavy atom. The second-order valence-corrected chi connectivity index (χ2v) is 2.84. The van der Waals surface area contributed by atoms with Crippen LogP contribution in [0.3, 0.4) is 0 Å². The highest BCUT2D eigenvalue weighted by Gasteiger charge is 2.08. The number of hydrogen-bond acceptors (Lipinski definition) is 3. The lowest BCUT2D eigenvalue weighted by molar-refractivity contribution is 0.510. The van der Waals surface area contributed by atoms with Gasteiger partial charge in [-0.2, -0.15) is 15.0 Å². The zero-order chi connectivity index (χ0) is 10.1. The Labute approximate surface area is 78.3 Å². The minimum absolute atomic E-state index is 0.331. The highest BCUT2D eigenvalue weighted by molar-refractivity contribution is 5.73. The van der Waals surface area contributed by atoms with E-state index in [2.05, 4.69) is 10.2 Å². The second kappa shape index (κ2) is 3.30. The third-order valence-corrected chi connectivity index (χ3v) is 1.79. The van der Waals surface area contributed by atoms with Gasteiger partial charge in [0, 0.05) is 18.7 Å². The minimum Gasteiger partial charge on any atom is -0.329 e. The Bertz CT molecular complexity index is 427. The van der Waals surface area contributed by atoms with Crippen LogP contribution in [0.15, 0.2) is 12.1 Å². The molecule has 2 aromatic rings. The van der Waals surface area contributed by atoms with Crippen LogP contribution in [0.4, 0.5) is 8.78 Å². The summed E-state index contributed by atoms with van der Waals surface area (Å²) in [6, 6.07) is 2.04. The van der Waals surface area contributed by atoms with E-state index in [9.17, 15) is 8.78 Å². The molecule has 0 aliphatic rings. The van der Waals surface area contributed by atoms with Gasteiger partial charge >= 0.3 is 0 Å². The first kappa shape index (κ1) is 9.01. The third-order valence-electron chi connectivity index (χ3n) is 1.79. The molecule has 1 aromatic heterocycles. The van der Waals surface area contributed by atoms with Gasteiger partial charge in [-0.25, -0.2) is 8.78 Å². The summed E-state index contributed by atoms with van der Waals surface area (Å²) in [7, 11) is 0. The minimum atomic E-state index is -0.919. The summed E-state index contributed by atoms with van der Waals surface area (Å²) in [5, 5.41) is 7.85. The van der Waals surface area contributed by atoms with Crippen LogP contribution in [-0.4, -0.2) is 21.5 Å². The first-order valence-electron chi connectivity index (χ1n) is 4.10. The van der Waals surface area contributed by atoms with E-state index in [1.807, 2.05) is 0 Å². The number of aromatic nitrogens is 3. The number of halogens is 2. The second-order valence-electron chi connectivity index (χ2n) is 2.84. The molecule has 0 amide bonds. The van der Waals surface area contributed by atoms with Crippen molar-refractivity contribution in [2.75, 3.05) is 6.54 Å². The van der Waals surface area contributed by atoms with E-state index in [1.54, 1.807) is 0 Å². The van der Waals surface area contributed by atoms with Gasteiger partial charge in [0.1, 0.15) is 11.0 Å². The van der Waals surface area contributed by atoms with E-state index in [1.165, 1.54) is 4.80 Å². The Kier molecular flexibility index (Phi) is 2.12. The highest BCUT2D eigenvalue weighted by atomic mass is 19.2. The van der Waals surface area contributed by atoms with Crippen molar-refractivity contribution in [3.8, 4) is 0 Å². The lowest BCUT2D eigenvalue weighted by atomic mass is 10.3. The number of hydrogen-bond donors (Lipinski definition) is 1. The number of nitrogens with two attached hydrogens (primary N) is 1. The Balaban J connectivity index is 2.54. The SMILES string of the molecule is NCCn1nc2cc(F)c(F)cc2n1. The molecule has 0 aliphatic carbocycles. The van der Waals surface area contributed by atoms with Crippen LogP contribution in [0.1, 0.15) is 0 Å². The number of rotatable bonds is 2. The van der Waals surface area contributed by atoms with Crippen molar-refractivity contribution in [1.29, 1.82) is 0 Å². The maximum Gasteiger partial charge on any atom is 0.161 e. The summed E-state index contributed by atoms with van der Waals surface area (Å²) >= 11 is 0. The monoisotopic (exact) mass is 198 g/mol. The maximum absolute atomic E-state index is 12.8. The predicted octanol–water partition coefficient (Wildman–Crippen LogP) is 0.668. The fraction of sp³-hybridized carbons (Fsp3) is 0.250. The molecular formula is C8H8F2N4. The van der Waals surface area contributed by atoms with Crippen molar-refractivity contribution < 1.29 is 8.78 Å². The normalized spacial score (nSPS) is 11.1. The lowest BCUT2D eigenvalue weighted by Gasteiger charge is -1.91. The topological polar surface area (TPSA) is 56.7 Å². The van der Waals surface area contributed by atoms with Crippen molar-refractivity contribution in [2.24, 2.45) is 5.73 Å². The van der Waals surface area contributed by atoms with Crippen molar-refractivity contribution >= 4 is 11.0 Å². The van der Waals surface area contributed by atoms with Gasteiger partial charge in [-0.3, -0.25) is 0 Å². The van der Waals surface area contributed by atoms with Gasteiger partial charge in [-0.05, 0) is 0 Å². The number of fused-ring (bicyclic) bond motifs is 1. The van der Waals surface area contributed by atoms with Crippen LogP contribution < -0.4 is 5.73 Å². The van der Waals surface area contributed by atoms with Crippen molar-refractivity contribution in [1.82, 2.24) is 15.0 Å². The van der Waals surface area contributed by atoms with Crippen LogP contribution in [0.25, 0.3) is 11.0 Å². The lowest BCUT2D eigenvalue weighted by Crippen LogP contribution is -2.12. The van der Waals surface area contributed by atoms with Gasteiger partial charge in [0.05, 0.1) is 6.54 Å². The highest BCUT2D eigenvalue weighted by Crippen LogP contribution is 2.14. The predicted molar refractivity (Wildman–Crippen MR) is 46.5 cm³/mol. The molecule has 0 saturated carbocycles. The molecule has 0 bridgehead atoms. The molecule has 0 spiro atoms. The van der Waals surface area contributed by atoms with Crippen LogP contribution in [0.5, 0.6) is 0 Å². The van der Waals surface area contributed by atoms with Gasteiger partial charge in [0.25, 0.3) is 0 Å². The molecule has 0 aliphatic heterocycles. The van der Waals surface area contributed by atoms with Crippen LogP contribution in [0, 0.1) is 11.6 Å². The summed E-state index contributed by atoms with van der Waals surface area (Å²) in [4.78, 5) is 1.32. The molecule has 0 unspecified atom stereocenters. The number of nitrogens with zero attached hydrogens (tertiary/aromatic N) is 3. The zero-order valence-corrected chi connectivity index (χ0v) is 7.24. The van der Waals surface area contributed by atoms with Gasteiger partial charge < -0.3 is 5.73 Å². The van der Waals surface area contributed by atoms with Gasteiger partial charge in [-0.1, -0.05) is 0 Å². The fourth-order valence-corrected chi connectivity index (χ4v) is 1.17. The summed E-state index contributed by atoms with van der Waals surface area (Å²) in [6.07, 6.45) is 0. The van der Waals surface area contributed by atoms with Gasteiger partial charge in [0.2, 0.25) is 0 Å². The summed E-state index contributed by atoms with van der Waals surface area (Å²) < 4.78 is 25.5. The summed E-state index contributed by atoms with van der Waals surface area (Å²) in [5.74, 6) is -1.84. The molecule has 0 fully saturated rings. The molecule has 1 aromatic carbocycles. The van der Waals surface area contributed by atoms with E-state index in [0.717, 1.165) is 12.1 Å². The molecule has 0 atom stereocenters. The molecule has 2 rings (SSSR count). The van der Waals surface area contributed by atoms with E-state index >= 15 is 0 Å². The van der Waals surface area contributed by atoms with Crippen molar-refractivity contribution in [2.45, 2.75) is 6.54 Å². The van der Waals surface area contributed by atoms with E-state index in [0.29, 0.717) is 24.1 Å². The molecule has 1 heterocycles. The fourth-order valence-electron chi connectivity index (χ4n) is 1.17. The Morgan fingerprint density at radius 1 is 1.14 bits per heavy atom. The molecule has 2 N–H and O–H groups in total. The van der Waals surface area contributed by atoms with Crippen LogP contribution in [-0.2, 0) is 6.54 Å². The molecule has 4 nitrogen and oxygen atoms in total. The third kappa shape index (κ3) is 1.44. The Hall–Kier alpha value is -1.56. The van der Waals surface area contributed by atoms with Crippen LogP contribution in [0.2, 0.25) is 0 Å². The largest absolute Gasteiger partial charge is 0.329 e. The first-order valence-corrected chi connectivity index (χ1v) is 4.10. The molecule has 6 heteroatoms. The van der Waals surface area contributed by atoms with Crippen molar-refractivity contribution in [3.63, 3.8) is 0 Å². The van der Waals surface area contributed by atoms with Crippen molar-refractivity contribution in [3.05, 3.63) is 23.8 Å².